The fraction of sp³-hybridized carbons (Fsp3) is 0.267. The maximum atomic E-state index is 5.85. The Morgan fingerprint density at radius 3 is 2.53 bits per heavy atom. The van der Waals surface area contributed by atoms with Crippen molar-refractivity contribution in [2.75, 3.05) is 7.11 Å². The van der Waals surface area contributed by atoms with Crippen LogP contribution in [0.1, 0.15) is 24.1 Å². The smallest absolute Gasteiger partial charge is 0.161 e. The van der Waals surface area contributed by atoms with Gasteiger partial charge in [-0.1, -0.05) is 6.07 Å². The summed E-state index contributed by atoms with van der Waals surface area (Å²) in [6.45, 7) is 2.42. The summed E-state index contributed by atoms with van der Waals surface area (Å²) in [5, 5.41) is 0. The van der Waals surface area contributed by atoms with Gasteiger partial charge in [-0.3, -0.25) is 4.98 Å². The van der Waals surface area contributed by atoms with E-state index in [-0.39, 0.29) is 6.04 Å². The molecule has 19 heavy (non-hydrogen) atoms. The molecule has 100 valence electrons. The first-order valence-electron chi connectivity index (χ1n) is 6.16. The molecule has 0 aliphatic heterocycles. The van der Waals surface area contributed by atoms with Gasteiger partial charge in [-0.15, -0.1) is 0 Å². The lowest BCUT2D eigenvalue weighted by atomic mass is 10.1. The molecule has 1 aromatic heterocycles. The van der Waals surface area contributed by atoms with E-state index in [1.807, 2.05) is 37.3 Å². The van der Waals surface area contributed by atoms with Gasteiger partial charge >= 0.3 is 0 Å². The maximum Gasteiger partial charge on any atom is 0.161 e. The third-order valence-corrected chi connectivity index (χ3v) is 2.86. The van der Waals surface area contributed by atoms with Crippen LogP contribution in [0.4, 0.5) is 0 Å². The average Bonchev–Trinajstić information content (AvgIpc) is 2.45. The Hall–Kier alpha value is -2.07. The van der Waals surface area contributed by atoms with Crippen LogP contribution < -0.4 is 15.2 Å². The Morgan fingerprint density at radius 1 is 1.16 bits per heavy atom. The second-order valence-corrected chi connectivity index (χ2v) is 4.34. The van der Waals surface area contributed by atoms with Crippen LogP contribution >= 0.6 is 0 Å². The number of methoxy groups -OCH3 is 1. The fourth-order valence-electron chi connectivity index (χ4n) is 1.73. The number of ether oxygens (including phenoxy) is 2. The Balaban J connectivity index is 2.12. The van der Waals surface area contributed by atoms with E-state index in [2.05, 4.69) is 4.98 Å². The zero-order chi connectivity index (χ0) is 13.7. The molecular weight excluding hydrogens is 240 g/mol. The molecule has 0 fully saturated rings. The van der Waals surface area contributed by atoms with Crippen LogP contribution in [0.3, 0.4) is 0 Å². The van der Waals surface area contributed by atoms with E-state index in [9.17, 15) is 0 Å². The molecule has 1 aromatic carbocycles. The van der Waals surface area contributed by atoms with Gasteiger partial charge in [0.15, 0.2) is 11.5 Å². The molecule has 2 aromatic rings. The summed E-state index contributed by atoms with van der Waals surface area (Å²) in [4.78, 5) is 3.97. The lowest BCUT2D eigenvalue weighted by molar-refractivity contribution is 0.284. The molecule has 2 N–H and O–H groups in total. The van der Waals surface area contributed by atoms with Gasteiger partial charge in [0.2, 0.25) is 0 Å². The largest absolute Gasteiger partial charge is 0.493 e. The van der Waals surface area contributed by atoms with E-state index in [1.54, 1.807) is 19.5 Å². The summed E-state index contributed by atoms with van der Waals surface area (Å²) >= 11 is 0. The predicted molar refractivity (Wildman–Crippen MR) is 74.2 cm³/mol. The van der Waals surface area contributed by atoms with Crippen molar-refractivity contribution in [1.29, 1.82) is 0 Å². The average molecular weight is 258 g/mol. The predicted octanol–water partition coefficient (Wildman–Crippen LogP) is 2.69. The molecule has 0 saturated heterocycles. The highest BCUT2D eigenvalue weighted by Gasteiger charge is 2.08. The Kier molecular flexibility index (Phi) is 4.36. The first-order valence-corrected chi connectivity index (χ1v) is 6.16. The molecule has 0 aliphatic carbocycles. The van der Waals surface area contributed by atoms with Crippen molar-refractivity contribution >= 4 is 0 Å². The van der Waals surface area contributed by atoms with Crippen LogP contribution in [-0.4, -0.2) is 12.1 Å². The van der Waals surface area contributed by atoms with Crippen molar-refractivity contribution in [2.45, 2.75) is 19.6 Å². The number of nitrogens with zero attached hydrogens (tertiary/aromatic N) is 1. The van der Waals surface area contributed by atoms with Gasteiger partial charge in [-0.2, -0.15) is 0 Å². The van der Waals surface area contributed by atoms with Gasteiger partial charge in [0, 0.05) is 18.4 Å². The van der Waals surface area contributed by atoms with E-state index in [1.165, 1.54) is 0 Å². The zero-order valence-corrected chi connectivity index (χ0v) is 11.2. The van der Waals surface area contributed by atoms with Crippen molar-refractivity contribution in [1.82, 2.24) is 4.98 Å². The maximum absolute atomic E-state index is 5.85. The number of hydrogen-bond acceptors (Lipinski definition) is 4. The Labute approximate surface area is 113 Å². The van der Waals surface area contributed by atoms with Gasteiger partial charge < -0.3 is 15.2 Å². The van der Waals surface area contributed by atoms with Crippen LogP contribution in [0.25, 0.3) is 0 Å². The highest BCUT2D eigenvalue weighted by Crippen LogP contribution is 2.30. The first-order chi connectivity index (χ1) is 9.20. The molecule has 1 heterocycles. The molecule has 2 rings (SSSR count). The van der Waals surface area contributed by atoms with Crippen LogP contribution in [0.15, 0.2) is 42.7 Å². The van der Waals surface area contributed by atoms with E-state index >= 15 is 0 Å². The standard InChI is InChI=1S/C15H18N2O2/c1-11(16)13-3-4-14(15(9-13)18-2)19-10-12-5-7-17-8-6-12/h3-9,11H,10,16H2,1-2H3. The molecule has 0 radical (unpaired) electrons. The van der Waals surface area contributed by atoms with Gasteiger partial charge in [-0.05, 0) is 42.3 Å². The van der Waals surface area contributed by atoms with Crippen molar-refractivity contribution in [3.63, 3.8) is 0 Å². The monoisotopic (exact) mass is 258 g/mol. The lowest BCUT2D eigenvalue weighted by Gasteiger charge is -2.13. The molecule has 0 spiro atoms. The van der Waals surface area contributed by atoms with Crippen LogP contribution in [0.5, 0.6) is 11.5 Å². The highest BCUT2D eigenvalue weighted by molar-refractivity contribution is 5.43. The number of benzene rings is 1. The Morgan fingerprint density at radius 2 is 1.89 bits per heavy atom. The van der Waals surface area contributed by atoms with Crippen molar-refractivity contribution < 1.29 is 9.47 Å². The van der Waals surface area contributed by atoms with Crippen molar-refractivity contribution in [3.8, 4) is 11.5 Å². The summed E-state index contributed by atoms with van der Waals surface area (Å²) < 4.78 is 11.1. The quantitative estimate of drug-likeness (QED) is 0.895. The molecule has 1 unspecified atom stereocenters. The molecule has 0 amide bonds. The second kappa shape index (κ2) is 6.20. The van der Waals surface area contributed by atoms with Gasteiger partial charge in [-0.25, -0.2) is 0 Å². The van der Waals surface area contributed by atoms with Gasteiger partial charge in [0.05, 0.1) is 7.11 Å². The van der Waals surface area contributed by atoms with E-state index < -0.39 is 0 Å². The van der Waals surface area contributed by atoms with Gasteiger partial charge in [0.1, 0.15) is 6.61 Å². The number of nitrogens with two attached hydrogens (primary N) is 1. The third-order valence-electron chi connectivity index (χ3n) is 2.86. The SMILES string of the molecule is COc1cc(C(C)N)ccc1OCc1ccncc1. The fourth-order valence-corrected chi connectivity index (χ4v) is 1.73. The number of pyridine rings is 1. The number of hydrogen-bond donors (Lipinski definition) is 1. The molecule has 1 atom stereocenters. The summed E-state index contributed by atoms with van der Waals surface area (Å²) in [6.07, 6.45) is 3.49. The minimum atomic E-state index is -0.0249. The van der Waals surface area contributed by atoms with E-state index in [4.69, 9.17) is 15.2 Å². The third kappa shape index (κ3) is 3.45. The molecule has 0 saturated carbocycles. The number of aromatic nitrogens is 1. The summed E-state index contributed by atoms with van der Waals surface area (Å²) in [6, 6.07) is 9.56. The molecule has 0 bridgehead atoms. The minimum Gasteiger partial charge on any atom is -0.493 e. The van der Waals surface area contributed by atoms with Gasteiger partial charge in [0.25, 0.3) is 0 Å². The highest BCUT2D eigenvalue weighted by atomic mass is 16.5. The van der Waals surface area contributed by atoms with Crippen molar-refractivity contribution in [2.24, 2.45) is 5.73 Å². The van der Waals surface area contributed by atoms with Crippen molar-refractivity contribution in [3.05, 3.63) is 53.9 Å². The topological polar surface area (TPSA) is 57.4 Å². The summed E-state index contributed by atoms with van der Waals surface area (Å²) in [7, 11) is 1.62. The first kappa shape index (κ1) is 13.4. The molecular formula is C15H18N2O2. The summed E-state index contributed by atoms with van der Waals surface area (Å²) in [5.74, 6) is 1.41. The zero-order valence-electron chi connectivity index (χ0n) is 11.2. The summed E-state index contributed by atoms with van der Waals surface area (Å²) in [5.41, 5.74) is 7.93. The molecule has 0 aliphatic rings. The lowest BCUT2D eigenvalue weighted by Crippen LogP contribution is -2.05. The second-order valence-electron chi connectivity index (χ2n) is 4.34. The van der Waals surface area contributed by atoms with Crippen LogP contribution in [0, 0.1) is 0 Å². The van der Waals surface area contributed by atoms with E-state index in [0.717, 1.165) is 11.1 Å². The number of rotatable bonds is 5. The minimum absolute atomic E-state index is 0.0249. The van der Waals surface area contributed by atoms with Crippen LogP contribution in [0.2, 0.25) is 0 Å². The van der Waals surface area contributed by atoms with E-state index in [0.29, 0.717) is 18.1 Å². The molecule has 4 nitrogen and oxygen atoms in total. The Bertz CT molecular complexity index is 527. The molecule has 4 heteroatoms. The van der Waals surface area contributed by atoms with Crippen LogP contribution in [-0.2, 0) is 6.61 Å². The normalized spacial score (nSPS) is 11.9.